The first kappa shape index (κ1) is 28.5. The summed E-state index contributed by atoms with van der Waals surface area (Å²) in [5.41, 5.74) is 7.37. The standard InChI is InChI=1S/C24H38N2O6S2/c1-17(2)19(13-18-8-9-22(31-4)23(14-18)32-11-6-10-30-3)15-20(25)21(27)16-26-34(28,29)24-7-5-12-33-24/h5,7-9,12,14,17,19-21,26-27H,6,10-11,13,15-16,25H2,1-4H3. The molecule has 1 heterocycles. The Labute approximate surface area is 207 Å². The summed E-state index contributed by atoms with van der Waals surface area (Å²) in [7, 11) is -0.370. The molecule has 2 rings (SSSR count). The van der Waals surface area contributed by atoms with Crippen LogP contribution in [0.4, 0.5) is 0 Å². The molecule has 0 amide bonds. The van der Waals surface area contributed by atoms with E-state index in [0.29, 0.717) is 37.1 Å². The maximum atomic E-state index is 12.3. The van der Waals surface area contributed by atoms with Crippen molar-refractivity contribution in [1.29, 1.82) is 0 Å². The highest BCUT2D eigenvalue weighted by atomic mass is 32.2. The van der Waals surface area contributed by atoms with Crippen molar-refractivity contribution in [2.24, 2.45) is 17.6 Å². The minimum atomic E-state index is -3.64. The molecular formula is C24H38N2O6S2. The fourth-order valence-electron chi connectivity index (χ4n) is 3.58. The third kappa shape index (κ3) is 8.83. The SMILES string of the molecule is COCCCOc1cc(CC(CC(N)C(O)CNS(=O)(=O)c2cccs2)C(C)C)ccc1OC. The van der Waals surface area contributed by atoms with Gasteiger partial charge in [-0.1, -0.05) is 26.0 Å². The van der Waals surface area contributed by atoms with Crippen molar-refractivity contribution in [3.63, 3.8) is 0 Å². The molecule has 4 N–H and O–H groups in total. The second-order valence-corrected chi connectivity index (χ2v) is 11.6. The summed E-state index contributed by atoms with van der Waals surface area (Å²) >= 11 is 1.13. The number of hydrogen-bond donors (Lipinski definition) is 3. The number of aliphatic hydroxyl groups is 1. The van der Waals surface area contributed by atoms with Gasteiger partial charge in [-0.25, -0.2) is 13.1 Å². The predicted molar refractivity (Wildman–Crippen MR) is 135 cm³/mol. The largest absolute Gasteiger partial charge is 0.493 e. The van der Waals surface area contributed by atoms with Crippen LogP contribution in [0.5, 0.6) is 11.5 Å². The number of rotatable bonds is 16. The minimum absolute atomic E-state index is 0.131. The first-order valence-corrected chi connectivity index (χ1v) is 13.8. The molecule has 0 spiro atoms. The summed E-state index contributed by atoms with van der Waals surface area (Å²) < 4.78 is 43.7. The molecule has 3 atom stereocenters. The average Bonchev–Trinajstić information content (AvgIpc) is 3.36. The second-order valence-electron chi connectivity index (χ2n) is 8.64. The number of sulfonamides is 1. The first-order chi connectivity index (χ1) is 16.2. The van der Waals surface area contributed by atoms with E-state index in [4.69, 9.17) is 19.9 Å². The van der Waals surface area contributed by atoms with Gasteiger partial charge in [0.1, 0.15) is 4.21 Å². The van der Waals surface area contributed by atoms with Crippen molar-refractivity contribution in [1.82, 2.24) is 4.72 Å². The van der Waals surface area contributed by atoms with Gasteiger partial charge in [-0.2, -0.15) is 0 Å². The molecule has 8 nitrogen and oxygen atoms in total. The van der Waals surface area contributed by atoms with Gasteiger partial charge in [0.2, 0.25) is 10.0 Å². The van der Waals surface area contributed by atoms with Crippen LogP contribution < -0.4 is 19.9 Å². The summed E-state index contributed by atoms with van der Waals surface area (Å²) in [6.45, 7) is 5.26. The van der Waals surface area contributed by atoms with Gasteiger partial charge in [-0.3, -0.25) is 0 Å². The maximum Gasteiger partial charge on any atom is 0.250 e. The lowest BCUT2D eigenvalue weighted by molar-refractivity contribution is 0.129. The Morgan fingerprint density at radius 1 is 1.15 bits per heavy atom. The van der Waals surface area contributed by atoms with Crippen LogP contribution in [0.25, 0.3) is 0 Å². The first-order valence-electron chi connectivity index (χ1n) is 11.4. The molecule has 0 aliphatic carbocycles. The number of thiophene rings is 1. The molecule has 1 aromatic carbocycles. The molecule has 3 unspecified atom stereocenters. The Morgan fingerprint density at radius 2 is 1.91 bits per heavy atom. The van der Waals surface area contributed by atoms with Gasteiger partial charge in [0.05, 0.1) is 19.8 Å². The van der Waals surface area contributed by atoms with Crippen LogP contribution in [0.3, 0.4) is 0 Å². The molecule has 0 saturated heterocycles. The molecule has 0 saturated carbocycles. The zero-order chi connectivity index (χ0) is 25.1. The van der Waals surface area contributed by atoms with E-state index in [-0.39, 0.29) is 16.7 Å². The lowest BCUT2D eigenvalue weighted by Crippen LogP contribution is -2.44. The van der Waals surface area contributed by atoms with Crippen molar-refractivity contribution >= 4 is 21.4 Å². The number of hydrogen-bond acceptors (Lipinski definition) is 8. The van der Waals surface area contributed by atoms with Gasteiger partial charge in [-0.05, 0) is 53.8 Å². The Kier molecular flexibility index (Phi) is 11.8. The highest BCUT2D eigenvalue weighted by Crippen LogP contribution is 2.31. The molecule has 2 aromatic rings. The Bertz CT molecular complexity index is 950. The molecule has 0 radical (unpaired) electrons. The van der Waals surface area contributed by atoms with E-state index in [1.54, 1.807) is 25.7 Å². The van der Waals surface area contributed by atoms with Crippen molar-refractivity contribution in [3.8, 4) is 11.5 Å². The van der Waals surface area contributed by atoms with Crippen molar-refractivity contribution in [2.75, 3.05) is 34.0 Å². The topological polar surface area (TPSA) is 120 Å². The second kappa shape index (κ2) is 14.0. The fraction of sp³-hybridized carbons (Fsp3) is 0.583. The van der Waals surface area contributed by atoms with Gasteiger partial charge in [0.25, 0.3) is 0 Å². The highest BCUT2D eigenvalue weighted by Gasteiger charge is 2.25. The maximum absolute atomic E-state index is 12.3. The van der Waals surface area contributed by atoms with E-state index in [1.165, 1.54) is 6.07 Å². The van der Waals surface area contributed by atoms with Crippen molar-refractivity contribution < 1.29 is 27.7 Å². The quantitative estimate of drug-likeness (QED) is 0.295. The fourth-order valence-corrected chi connectivity index (χ4v) is 5.67. The summed E-state index contributed by atoms with van der Waals surface area (Å²) in [6.07, 6.45) is 1.08. The number of methoxy groups -OCH3 is 2. The van der Waals surface area contributed by atoms with E-state index in [0.717, 1.165) is 29.7 Å². The third-order valence-corrected chi connectivity index (χ3v) is 8.55. The number of benzene rings is 1. The molecule has 34 heavy (non-hydrogen) atoms. The lowest BCUT2D eigenvalue weighted by Gasteiger charge is -2.27. The van der Waals surface area contributed by atoms with Gasteiger partial charge in [0, 0.05) is 32.7 Å². The van der Waals surface area contributed by atoms with E-state index in [2.05, 4.69) is 18.6 Å². The van der Waals surface area contributed by atoms with Crippen LogP contribution >= 0.6 is 11.3 Å². The highest BCUT2D eigenvalue weighted by molar-refractivity contribution is 7.91. The average molecular weight is 515 g/mol. The Morgan fingerprint density at radius 3 is 2.53 bits per heavy atom. The van der Waals surface area contributed by atoms with Gasteiger partial charge < -0.3 is 25.1 Å². The number of nitrogens with two attached hydrogens (primary N) is 1. The number of aliphatic hydroxyl groups excluding tert-OH is 1. The minimum Gasteiger partial charge on any atom is -0.493 e. The van der Waals surface area contributed by atoms with E-state index >= 15 is 0 Å². The van der Waals surface area contributed by atoms with Gasteiger partial charge >= 0.3 is 0 Å². The van der Waals surface area contributed by atoms with E-state index in [1.807, 2.05) is 18.2 Å². The van der Waals surface area contributed by atoms with Gasteiger partial charge in [-0.15, -0.1) is 11.3 Å². The number of ether oxygens (including phenoxy) is 3. The van der Waals surface area contributed by atoms with Crippen LogP contribution in [0.2, 0.25) is 0 Å². The number of nitrogens with one attached hydrogen (secondary N) is 1. The van der Waals surface area contributed by atoms with Crippen LogP contribution in [-0.4, -0.2) is 59.6 Å². The van der Waals surface area contributed by atoms with Crippen LogP contribution in [0.15, 0.2) is 39.9 Å². The normalized spacial score (nSPS) is 14.7. The molecule has 0 aliphatic rings. The summed E-state index contributed by atoms with van der Waals surface area (Å²) in [4.78, 5) is 0. The van der Waals surface area contributed by atoms with E-state index in [9.17, 15) is 13.5 Å². The summed E-state index contributed by atoms with van der Waals surface area (Å²) in [5.74, 6) is 1.86. The molecule has 1 aromatic heterocycles. The lowest BCUT2D eigenvalue weighted by atomic mass is 9.83. The molecule has 192 valence electrons. The van der Waals surface area contributed by atoms with E-state index < -0.39 is 22.2 Å². The Hall–Kier alpha value is -1.69. The van der Waals surface area contributed by atoms with Crippen LogP contribution in [0, 0.1) is 11.8 Å². The predicted octanol–water partition coefficient (Wildman–Crippen LogP) is 3.04. The zero-order valence-corrected chi connectivity index (χ0v) is 22.0. The molecule has 0 bridgehead atoms. The molecule has 0 fully saturated rings. The third-order valence-electron chi connectivity index (χ3n) is 5.73. The smallest absolute Gasteiger partial charge is 0.250 e. The molecule has 0 aliphatic heterocycles. The molecule has 10 heteroatoms. The van der Waals surface area contributed by atoms with Gasteiger partial charge in [0.15, 0.2) is 11.5 Å². The zero-order valence-electron chi connectivity index (χ0n) is 20.4. The van der Waals surface area contributed by atoms with Crippen LogP contribution in [-0.2, 0) is 21.2 Å². The van der Waals surface area contributed by atoms with Crippen molar-refractivity contribution in [2.45, 2.75) is 49.5 Å². The Balaban J connectivity index is 1.98. The molecular weight excluding hydrogens is 476 g/mol. The monoisotopic (exact) mass is 514 g/mol. The van der Waals surface area contributed by atoms with Crippen molar-refractivity contribution in [3.05, 3.63) is 41.3 Å². The summed E-state index contributed by atoms with van der Waals surface area (Å²) in [5, 5.41) is 12.2. The summed E-state index contributed by atoms with van der Waals surface area (Å²) in [6, 6.07) is 8.52. The van der Waals surface area contributed by atoms with Crippen LogP contribution in [0.1, 0.15) is 32.3 Å².